The molecule has 0 aliphatic rings. The van der Waals surface area contributed by atoms with Crippen LogP contribution in [-0.4, -0.2) is 29.1 Å². The number of thioether (sulfide) groups is 1. The SMILES string of the molecule is Cc1ccc(Cl)cc1-n1c(SCc2cc(=O)n3ccccc3n2)nc2n[nH]c(C)c2c1=N. The summed E-state index contributed by atoms with van der Waals surface area (Å²) < 4.78 is 3.27. The first-order chi connectivity index (χ1) is 15.4. The number of hydrogen-bond acceptors (Lipinski definition) is 6. The molecule has 0 aliphatic carbocycles. The third kappa shape index (κ3) is 3.49. The van der Waals surface area contributed by atoms with Crippen molar-refractivity contribution in [3.63, 3.8) is 0 Å². The number of aryl methyl sites for hydroxylation is 2. The van der Waals surface area contributed by atoms with Crippen LogP contribution in [0, 0.1) is 19.3 Å². The van der Waals surface area contributed by atoms with Crippen molar-refractivity contribution < 1.29 is 0 Å². The molecule has 0 spiro atoms. The van der Waals surface area contributed by atoms with Gasteiger partial charge in [0.2, 0.25) is 0 Å². The molecule has 0 saturated carbocycles. The molecular formula is C22H18ClN7OS. The maximum Gasteiger partial charge on any atom is 0.258 e. The molecule has 0 amide bonds. The Labute approximate surface area is 191 Å². The van der Waals surface area contributed by atoms with Gasteiger partial charge in [-0.25, -0.2) is 9.97 Å². The molecule has 2 N–H and O–H groups in total. The minimum atomic E-state index is -0.141. The molecule has 4 heterocycles. The number of fused-ring (bicyclic) bond motifs is 2. The summed E-state index contributed by atoms with van der Waals surface area (Å²) in [4.78, 5) is 21.7. The van der Waals surface area contributed by atoms with Crippen LogP contribution in [0.25, 0.3) is 22.4 Å². The van der Waals surface area contributed by atoms with E-state index in [1.54, 1.807) is 22.9 Å². The standard InChI is InChI=1S/C22H18ClN7OS/c1-12-6-7-14(23)9-16(12)30-20(24)19-13(2)27-28-21(19)26-22(30)32-11-15-10-18(31)29-8-4-3-5-17(29)25-15/h3-10,24H,11H2,1-2H3,(H,27,28). The van der Waals surface area contributed by atoms with Crippen molar-refractivity contribution in [1.29, 1.82) is 5.41 Å². The summed E-state index contributed by atoms with van der Waals surface area (Å²) in [5, 5.41) is 17.8. The Balaban J connectivity index is 1.64. The van der Waals surface area contributed by atoms with E-state index in [9.17, 15) is 4.79 Å². The highest BCUT2D eigenvalue weighted by Crippen LogP contribution is 2.27. The Bertz CT molecular complexity index is 1620. The monoisotopic (exact) mass is 463 g/mol. The molecular weight excluding hydrogens is 446 g/mol. The topological polar surface area (TPSA) is 105 Å². The highest BCUT2D eigenvalue weighted by atomic mass is 35.5. The lowest BCUT2D eigenvalue weighted by atomic mass is 10.2. The minimum absolute atomic E-state index is 0.141. The van der Waals surface area contributed by atoms with Gasteiger partial charge in [-0.1, -0.05) is 35.5 Å². The highest BCUT2D eigenvalue weighted by molar-refractivity contribution is 7.98. The van der Waals surface area contributed by atoms with Crippen LogP contribution in [-0.2, 0) is 5.75 Å². The Kier molecular flexibility index (Phi) is 5.07. The van der Waals surface area contributed by atoms with Crippen molar-refractivity contribution in [3.05, 3.63) is 86.5 Å². The van der Waals surface area contributed by atoms with Crippen LogP contribution in [0.4, 0.5) is 0 Å². The van der Waals surface area contributed by atoms with Crippen molar-refractivity contribution in [1.82, 2.24) is 29.1 Å². The number of nitrogens with zero attached hydrogens (tertiary/aromatic N) is 5. The van der Waals surface area contributed by atoms with E-state index in [0.29, 0.717) is 38.3 Å². The molecule has 0 radical (unpaired) electrons. The van der Waals surface area contributed by atoms with Gasteiger partial charge >= 0.3 is 0 Å². The minimum Gasteiger partial charge on any atom is -0.283 e. The lowest BCUT2D eigenvalue weighted by molar-refractivity contribution is 0.782. The summed E-state index contributed by atoms with van der Waals surface area (Å²) in [6.07, 6.45) is 1.69. The van der Waals surface area contributed by atoms with Crippen LogP contribution in [0.1, 0.15) is 17.0 Å². The van der Waals surface area contributed by atoms with E-state index in [-0.39, 0.29) is 11.0 Å². The van der Waals surface area contributed by atoms with Gasteiger partial charge in [0.1, 0.15) is 11.1 Å². The largest absolute Gasteiger partial charge is 0.283 e. The molecule has 5 aromatic rings. The van der Waals surface area contributed by atoms with Crippen molar-refractivity contribution in [2.24, 2.45) is 0 Å². The number of nitrogens with one attached hydrogen (secondary N) is 2. The Hall–Kier alpha value is -3.43. The Morgan fingerprint density at radius 1 is 1.16 bits per heavy atom. The average molecular weight is 464 g/mol. The normalized spacial score (nSPS) is 11.5. The fraction of sp³-hybridized carbons (Fsp3) is 0.136. The Morgan fingerprint density at radius 3 is 2.84 bits per heavy atom. The Morgan fingerprint density at radius 2 is 2.00 bits per heavy atom. The van der Waals surface area contributed by atoms with Crippen LogP contribution < -0.4 is 11.0 Å². The fourth-order valence-electron chi connectivity index (χ4n) is 3.59. The molecule has 32 heavy (non-hydrogen) atoms. The van der Waals surface area contributed by atoms with E-state index in [4.69, 9.17) is 22.0 Å². The second-order valence-corrected chi connectivity index (χ2v) is 8.74. The number of benzene rings is 1. The molecule has 160 valence electrons. The first-order valence-corrected chi connectivity index (χ1v) is 11.2. The van der Waals surface area contributed by atoms with Gasteiger partial charge in [-0.05, 0) is 43.7 Å². The van der Waals surface area contributed by atoms with Crippen molar-refractivity contribution >= 4 is 40.0 Å². The summed E-state index contributed by atoms with van der Waals surface area (Å²) in [5.41, 5.74) is 4.31. The van der Waals surface area contributed by atoms with E-state index in [0.717, 1.165) is 16.9 Å². The summed E-state index contributed by atoms with van der Waals surface area (Å²) in [5.74, 6) is 0.404. The van der Waals surface area contributed by atoms with Gasteiger partial charge < -0.3 is 0 Å². The molecule has 0 fully saturated rings. The molecule has 0 unspecified atom stereocenters. The average Bonchev–Trinajstić information content (AvgIpc) is 3.15. The first kappa shape index (κ1) is 20.5. The van der Waals surface area contributed by atoms with Crippen molar-refractivity contribution in [2.75, 3.05) is 0 Å². The smallest absolute Gasteiger partial charge is 0.258 e. The van der Waals surface area contributed by atoms with Crippen molar-refractivity contribution in [3.8, 4) is 5.69 Å². The molecule has 0 aliphatic heterocycles. The first-order valence-electron chi connectivity index (χ1n) is 9.81. The van der Waals surface area contributed by atoms with Gasteiger partial charge in [-0.3, -0.25) is 24.3 Å². The fourth-order valence-corrected chi connectivity index (χ4v) is 4.65. The molecule has 1 aromatic carbocycles. The third-order valence-electron chi connectivity index (χ3n) is 5.17. The number of rotatable bonds is 4. The van der Waals surface area contributed by atoms with E-state index >= 15 is 0 Å². The lowest BCUT2D eigenvalue weighted by Gasteiger charge is -2.16. The number of aromatic nitrogens is 6. The zero-order valence-corrected chi connectivity index (χ0v) is 18.8. The molecule has 0 atom stereocenters. The maximum absolute atomic E-state index is 12.4. The van der Waals surface area contributed by atoms with E-state index in [2.05, 4.69) is 15.2 Å². The maximum atomic E-state index is 12.4. The van der Waals surface area contributed by atoms with Gasteiger partial charge in [0.15, 0.2) is 10.8 Å². The van der Waals surface area contributed by atoms with Crippen LogP contribution in [0.5, 0.6) is 0 Å². The quantitative estimate of drug-likeness (QED) is 0.311. The molecule has 0 bridgehead atoms. The summed E-state index contributed by atoms with van der Waals surface area (Å²) in [6.45, 7) is 3.83. The van der Waals surface area contributed by atoms with Gasteiger partial charge in [-0.15, -0.1) is 0 Å². The summed E-state index contributed by atoms with van der Waals surface area (Å²) in [7, 11) is 0. The number of pyridine rings is 1. The van der Waals surface area contributed by atoms with Crippen LogP contribution in [0.15, 0.2) is 58.6 Å². The van der Waals surface area contributed by atoms with Crippen LogP contribution >= 0.6 is 23.4 Å². The van der Waals surface area contributed by atoms with E-state index in [1.165, 1.54) is 22.2 Å². The van der Waals surface area contributed by atoms with Gasteiger partial charge in [0.05, 0.1) is 16.8 Å². The summed E-state index contributed by atoms with van der Waals surface area (Å²) >= 11 is 7.67. The molecule has 4 aromatic heterocycles. The molecule has 5 rings (SSSR count). The zero-order chi connectivity index (χ0) is 22.4. The van der Waals surface area contributed by atoms with Gasteiger partial charge in [0.25, 0.3) is 5.56 Å². The number of halogens is 1. The van der Waals surface area contributed by atoms with Gasteiger partial charge in [-0.2, -0.15) is 5.10 Å². The van der Waals surface area contributed by atoms with Crippen LogP contribution in [0.3, 0.4) is 0 Å². The van der Waals surface area contributed by atoms with Crippen LogP contribution in [0.2, 0.25) is 5.02 Å². The number of H-pyrrole nitrogens is 1. The third-order valence-corrected chi connectivity index (χ3v) is 6.37. The molecule has 0 saturated heterocycles. The zero-order valence-electron chi connectivity index (χ0n) is 17.3. The van der Waals surface area contributed by atoms with Gasteiger partial charge in [0, 0.05) is 28.7 Å². The second kappa shape index (κ2) is 7.92. The number of hydrogen-bond donors (Lipinski definition) is 2. The number of aromatic amines is 1. The molecule has 8 nitrogen and oxygen atoms in total. The van der Waals surface area contributed by atoms with E-state index < -0.39 is 0 Å². The second-order valence-electron chi connectivity index (χ2n) is 7.36. The molecule has 10 heteroatoms. The predicted octanol–water partition coefficient (Wildman–Crippen LogP) is 3.80. The summed E-state index contributed by atoms with van der Waals surface area (Å²) in [6, 6.07) is 12.5. The highest BCUT2D eigenvalue weighted by Gasteiger charge is 2.17. The van der Waals surface area contributed by atoms with E-state index in [1.807, 2.05) is 38.1 Å². The van der Waals surface area contributed by atoms with Crippen molar-refractivity contribution in [2.45, 2.75) is 24.8 Å². The predicted molar refractivity (Wildman–Crippen MR) is 125 cm³/mol. The lowest BCUT2D eigenvalue weighted by Crippen LogP contribution is -2.23.